The van der Waals surface area contributed by atoms with E-state index in [1.54, 1.807) is 0 Å². The standard InChI is InChI=1S/C13H19NO3/c1-2-17-11-8-6-10(7-9-11)12(14)4-3-5-13(15)16/h6-9,12H,2-5,14H2,1H3,(H,15,16)/t12-/m1/s1. The van der Waals surface area contributed by atoms with E-state index in [4.69, 9.17) is 4.74 Å². The number of carboxylic acid groups (broad SMARTS) is 1. The van der Waals surface area contributed by atoms with Crippen molar-refractivity contribution in [3.05, 3.63) is 29.8 Å². The molecule has 0 radical (unpaired) electrons. The molecule has 0 unspecified atom stereocenters. The molecule has 0 heterocycles. The maximum atomic E-state index is 10.3. The van der Waals surface area contributed by atoms with Crippen molar-refractivity contribution in [1.29, 1.82) is 0 Å². The normalized spacial score (nSPS) is 12.1. The summed E-state index contributed by atoms with van der Waals surface area (Å²) in [6.45, 7) is 2.59. The zero-order chi connectivity index (χ0) is 12.7. The van der Waals surface area contributed by atoms with Crippen molar-refractivity contribution < 1.29 is 20.4 Å². The van der Waals surface area contributed by atoms with Crippen molar-refractivity contribution in [2.45, 2.75) is 32.2 Å². The van der Waals surface area contributed by atoms with Gasteiger partial charge in [0.25, 0.3) is 0 Å². The Labute approximate surface area is 101 Å². The molecule has 1 atom stereocenters. The number of hydrogen-bond donors (Lipinski definition) is 1. The van der Waals surface area contributed by atoms with Crippen molar-refractivity contribution in [3.63, 3.8) is 0 Å². The molecule has 0 aromatic heterocycles. The van der Waals surface area contributed by atoms with E-state index in [2.05, 4.69) is 5.73 Å². The van der Waals surface area contributed by atoms with E-state index < -0.39 is 5.97 Å². The number of carbonyl (C=O) groups is 1. The second-order valence-corrected chi connectivity index (χ2v) is 3.96. The van der Waals surface area contributed by atoms with E-state index in [0.717, 1.165) is 17.7 Å². The molecule has 1 aromatic carbocycles. The smallest absolute Gasteiger partial charge is 0.119 e. The molecule has 0 aliphatic rings. The van der Waals surface area contributed by atoms with Crippen LogP contribution in [0.5, 0.6) is 5.75 Å². The molecule has 0 aliphatic heterocycles. The topological polar surface area (TPSA) is 77.0 Å². The van der Waals surface area contributed by atoms with E-state index in [0.29, 0.717) is 13.0 Å². The van der Waals surface area contributed by atoms with Gasteiger partial charge in [0.2, 0.25) is 0 Å². The Bertz CT molecular complexity index is 348. The van der Waals surface area contributed by atoms with E-state index >= 15 is 0 Å². The lowest BCUT2D eigenvalue weighted by molar-refractivity contribution is -0.428. The predicted octanol–water partition coefficient (Wildman–Crippen LogP) is 0.289. The fourth-order valence-corrected chi connectivity index (χ4v) is 1.66. The molecular formula is C13H19NO3. The van der Waals surface area contributed by atoms with E-state index in [1.807, 2.05) is 31.2 Å². The molecule has 0 fully saturated rings. The molecule has 17 heavy (non-hydrogen) atoms. The number of aliphatic carboxylic acids is 1. The van der Waals surface area contributed by atoms with Crippen LogP contribution in [0.25, 0.3) is 0 Å². The Morgan fingerprint density at radius 2 is 2.06 bits per heavy atom. The first kappa shape index (κ1) is 13.5. The Kier molecular flexibility index (Phi) is 5.49. The summed E-state index contributed by atoms with van der Waals surface area (Å²) in [5.74, 6) is -0.151. The molecule has 0 aliphatic carbocycles. The Morgan fingerprint density at radius 1 is 1.41 bits per heavy atom. The average molecular weight is 237 g/mol. The van der Waals surface area contributed by atoms with Gasteiger partial charge in [-0.05, 0) is 44.0 Å². The van der Waals surface area contributed by atoms with Crippen molar-refractivity contribution in [1.82, 2.24) is 0 Å². The van der Waals surface area contributed by atoms with Gasteiger partial charge in [-0.1, -0.05) is 0 Å². The van der Waals surface area contributed by atoms with Crippen LogP contribution in [0.4, 0.5) is 0 Å². The van der Waals surface area contributed by atoms with E-state index in [9.17, 15) is 9.90 Å². The number of carboxylic acids is 1. The van der Waals surface area contributed by atoms with Crippen molar-refractivity contribution in [3.8, 4) is 5.75 Å². The average Bonchev–Trinajstić information content (AvgIpc) is 2.30. The summed E-state index contributed by atoms with van der Waals surface area (Å²) in [6, 6.07) is 7.89. The van der Waals surface area contributed by atoms with Gasteiger partial charge in [-0.25, -0.2) is 0 Å². The zero-order valence-corrected chi connectivity index (χ0v) is 10.1. The van der Waals surface area contributed by atoms with Crippen molar-refractivity contribution >= 4 is 5.97 Å². The third-order valence-corrected chi connectivity index (χ3v) is 2.60. The lowest BCUT2D eigenvalue weighted by Crippen LogP contribution is -2.53. The zero-order valence-electron chi connectivity index (χ0n) is 10.1. The summed E-state index contributed by atoms with van der Waals surface area (Å²) in [7, 11) is 0. The van der Waals surface area contributed by atoms with Gasteiger partial charge in [-0.15, -0.1) is 0 Å². The largest absolute Gasteiger partial charge is 0.550 e. The van der Waals surface area contributed by atoms with Crippen LogP contribution in [0, 0.1) is 0 Å². The fraction of sp³-hybridized carbons (Fsp3) is 0.462. The third-order valence-electron chi connectivity index (χ3n) is 2.60. The van der Waals surface area contributed by atoms with Gasteiger partial charge in [-0.2, -0.15) is 0 Å². The van der Waals surface area contributed by atoms with Crippen LogP contribution in [-0.2, 0) is 4.79 Å². The molecule has 3 N–H and O–H groups in total. The Morgan fingerprint density at radius 3 is 2.59 bits per heavy atom. The highest BCUT2D eigenvalue weighted by Crippen LogP contribution is 2.18. The first-order chi connectivity index (χ1) is 8.13. The predicted molar refractivity (Wildman–Crippen MR) is 62.1 cm³/mol. The van der Waals surface area contributed by atoms with Gasteiger partial charge in [0.1, 0.15) is 11.8 Å². The molecule has 0 saturated heterocycles. The van der Waals surface area contributed by atoms with Gasteiger partial charge >= 0.3 is 0 Å². The molecule has 1 aromatic rings. The summed E-state index contributed by atoms with van der Waals surface area (Å²) < 4.78 is 5.35. The van der Waals surface area contributed by atoms with E-state index in [1.165, 1.54) is 0 Å². The summed E-state index contributed by atoms with van der Waals surface area (Å²) in [5, 5.41) is 10.3. The van der Waals surface area contributed by atoms with Gasteiger partial charge in [0.15, 0.2) is 0 Å². The number of quaternary nitrogens is 1. The fourth-order valence-electron chi connectivity index (χ4n) is 1.66. The van der Waals surface area contributed by atoms with Crippen molar-refractivity contribution in [2.24, 2.45) is 0 Å². The first-order valence-corrected chi connectivity index (χ1v) is 5.89. The second kappa shape index (κ2) is 6.91. The maximum absolute atomic E-state index is 10.3. The van der Waals surface area contributed by atoms with E-state index in [-0.39, 0.29) is 12.5 Å². The van der Waals surface area contributed by atoms with Gasteiger partial charge in [-0.3, -0.25) is 0 Å². The quantitative estimate of drug-likeness (QED) is 0.740. The summed E-state index contributed by atoms with van der Waals surface area (Å²) >= 11 is 0. The first-order valence-electron chi connectivity index (χ1n) is 5.89. The minimum absolute atomic E-state index is 0.100. The number of benzene rings is 1. The SMILES string of the molecule is CCOc1ccc([C@H]([NH3+])CCCC(=O)[O-])cc1. The molecule has 0 bridgehead atoms. The third kappa shape index (κ3) is 4.87. The van der Waals surface area contributed by atoms with Gasteiger partial charge in [0.05, 0.1) is 6.61 Å². The molecule has 0 saturated carbocycles. The highest BCUT2D eigenvalue weighted by molar-refractivity contribution is 5.64. The van der Waals surface area contributed by atoms with Crippen LogP contribution in [0.15, 0.2) is 24.3 Å². The number of ether oxygens (including phenoxy) is 1. The molecule has 1 rings (SSSR count). The van der Waals surface area contributed by atoms with Crippen LogP contribution in [0.2, 0.25) is 0 Å². The summed E-state index contributed by atoms with van der Waals surface area (Å²) in [4.78, 5) is 10.3. The minimum Gasteiger partial charge on any atom is -0.550 e. The molecule has 4 nitrogen and oxygen atoms in total. The maximum Gasteiger partial charge on any atom is 0.119 e. The second-order valence-electron chi connectivity index (χ2n) is 3.96. The van der Waals surface area contributed by atoms with Crippen LogP contribution >= 0.6 is 0 Å². The lowest BCUT2D eigenvalue weighted by Gasteiger charge is -2.10. The van der Waals surface area contributed by atoms with Crippen molar-refractivity contribution in [2.75, 3.05) is 6.61 Å². The monoisotopic (exact) mass is 237 g/mol. The summed E-state index contributed by atoms with van der Waals surface area (Å²) in [6.07, 6.45) is 1.45. The minimum atomic E-state index is -0.996. The number of hydrogen-bond acceptors (Lipinski definition) is 3. The lowest BCUT2D eigenvalue weighted by atomic mass is 10.0. The molecule has 4 heteroatoms. The summed E-state index contributed by atoms with van der Waals surface area (Å²) in [5.41, 5.74) is 5.13. The van der Waals surface area contributed by atoms with Crippen LogP contribution in [0.1, 0.15) is 37.8 Å². The highest BCUT2D eigenvalue weighted by Gasteiger charge is 2.09. The van der Waals surface area contributed by atoms with Crippen LogP contribution in [-0.4, -0.2) is 12.6 Å². The Balaban J connectivity index is 2.45. The number of carbonyl (C=O) groups excluding carboxylic acids is 1. The number of rotatable bonds is 7. The van der Waals surface area contributed by atoms with Crippen LogP contribution in [0.3, 0.4) is 0 Å². The molecule has 94 valence electrons. The highest BCUT2D eigenvalue weighted by atomic mass is 16.5. The Hall–Kier alpha value is -1.55. The van der Waals surface area contributed by atoms with Gasteiger partial charge < -0.3 is 20.4 Å². The van der Waals surface area contributed by atoms with Gasteiger partial charge in [0, 0.05) is 18.0 Å². The molecular weight excluding hydrogens is 218 g/mol. The molecule has 0 spiro atoms. The molecule has 0 amide bonds. The van der Waals surface area contributed by atoms with Crippen LogP contribution < -0.4 is 15.6 Å².